The monoisotopic (exact) mass is 586 g/mol. The number of nitrogen functional groups attached to an aromatic ring is 1. The normalized spacial score (nSPS) is 21.0. The zero-order valence-corrected chi connectivity index (χ0v) is 24.5. The molecule has 8 heteroatoms. The number of carbonyl (C=O) groups is 1. The molecule has 1 amide bonds. The Morgan fingerprint density at radius 2 is 1.60 bits per heavy atom. The summed E-state index contributed by atoms with van der Waals surface area (Å²) in [4.78, 5) is 22.1. The van der Waals surface area contributed by atoms with Crippen molar-refractivity contribution in [3.05, 3.63) is 118 Å². The van der Waals surface area contributed by atoms with Gasteiger partial charge in [-0.05, 0) is 74.1 Å². The second-order valence-electron chi connectivity index (χ2n) is 11.8. The molecule has 4 aromatic rings. The van der Waals surface area contributed by atoms with Gasteiger partial charge in [-0.2, -0.15) is 0 Å². The lowest BCUT2D eigenvalue weighted by Crippen LogP contribution is -2.51. The first-order valence-electron chi connectivity index (χ1n) is 14.6. The maximum absolute atomic E-state index is 14.5. The molecule has 2 saturated heterocycles. The summed E-state index contributed by atoms with van der Waals surface area (Å²) in [7, 11) is 0. The number of aromatic nitrogens is 1. The molecule has 2 N–H and O–H groups in total. The van der Waals surface area contributed by atoms with E-state index in [1.54, 1.807) is 6.07 Å². The number of benzene rings is 3. The minimum absolute atomic E-state index is 0.102. The fourth-order valence-electron chi connectivity index (χ4n) is 6.88. The standard InChI is InChI=1S/C34H36F2N4OS/c35-28-12-11-27(21-29(28)36)33(14-13-31(41)40(24-33)22-25-7-3-1-4-8-25)15-18-39-19-16-34(17-20-39,26-9-5-2-6-10-26)30-23-42-32(37)38-30/h1-12,21,23H,13-20,22,24H2,(H2,37,38). The first-order valence-corrected chi connectivity index (χ1v) is 15.5. The van der Waals surface area contributed by atoms with Gasteiger partial charge in [0.25, 0.3) is 0 Å². The van der Waals surface area contributed by atoms with Crippen LogP contribution in [0.4, 0.5) is 13.9 Å². The Bertz CT molecular complexity index is 1520. The number of rotatable bonds is 8. The highest BCUT2D eigenvalue weighted by atomic mass is 32.1. The third-order valence-corrected chi connectivity index (χ3v) is 10.0. The number of anilines is 1. The Balaban J connectivity index is 1.22. The highest BCUT2D eigenvalue weighted by molar-refractivity contribution is 7.13. The van der Waals surface area contributed by atoms with E-state index in [0.29, 0.717) is 31.1 Å². The van der Waals surface area contributed by atoms with Crippen LogP contribution >= 0.6 is 11.3 Å². The van der Waals surface area contributed by atoms with E-state index in [-0.39, 0.29) is 11.3 Å². The highest BCUT2D eigenvalue weighted by Crippen LogP contribution is 2.44. The van der Waals surface area contributed by atoms with Gasteiger partial charge in [0.15, 0.2) is 16.8 Å². The zero-order chi connectivity index (χ0) is 29.2. The molecular weight excluding hydrogens is 550 g/mol. The Morgan fingerprint density at radius 3 is 2.26 bits per heavy atom. The number of hydrogen-bond donors (Lipinski definition) is 1. The molecule has 0 radical (unpaired) electrons. The Labute approximate surface area is 250 Å². The van der Waals surface area contributed by atoms with Crippen molar-refractivity contribution in [2.75, 3.05) is 31.9 Å². The molecule has 2 aliphatic rings. The number of nitrogens with two attached hydrogens (primary N) is 1. The van der Waals surface area contributed by atoms with Crippen molar-refractivity contribution in [3.63, 3.8) is 0 Å². The van der Waals surface area contributed by atoms with Crippen molar-refractivity contribution in [1.29, 1.82) is 0 Å². The number of nitrogens with zero attached hydrogens (tertiary/aromatic N) is 3. The number of carbonyl (C=O) groups excluding carboxylic acids is 1. The second kappa shape index (κ2) is 11.9. The van der Waals surface area contributed by atoms with Crippen LogP contribution in [0.25, 0.3) is 0 Å². The average molecular weight is 587 g/mol. The molecule has 2 aliphatic heterocycles. The Kier molecular flexibility index (Phi) is 8.10. The zero-order valence-electron chi connectivity index (χ0n) is 23.6. The molecule has 5 nitrogen and oxygen atoms in total. The van der Waals surface area contributed by atoms with Crippen LogP contribution in [0.1, 0.15) is 54.5 Å². The van der Waals surface area contributed by atoms with Gasteiger partial charge in [-0.3, -0.25) is 4.79 Å². The van der Waals surface area contributed by atoms with Crippen LogP contribution in [-0.2, 0) is 22.2 Å². The van der Waals surface area contributed by atoms with Gasteiger partial charge in [-0.1, -0.05) is 66.7 Å². The van der Waals surface area contributed by atoms with Gasteiger partial charge < -0.3 is 15.5 Å². The van der Waals surface area contributed by atoms with Crippen LogP contribution in [0.3, 0.4) is 0 Å². The summed E-state index contributed by atoms with van der Waals surface area (Å²) in [6.45, 7) is 3.55. The van der Waals surface area contributed by atoms with Crippen molar-refractivity contribution < 1.29 is 13.6 Å². The molecule has 3 heterocycles. The number of amides is 1. The first-order chi connectivity index (χ1) is 20.4. The molecule has 6 rings (SSSR count). The summed E-state index contributed by atoms with van der Waals surface area (Å²) in [6, 6.07) is 24.8. The molecule has 0 spiro atoms. The lowest BCUT2D eigenvalue weighted by Gasteiger charge is -2.46. The van der Waals surface area contributed by atoms with Gasteiger partial charge in [0.05, 0.1) is 5.69 Å². The number of piperidine rings is 2. The van der Waals surface area contributed by atoms with Gasteiger partial charge >= 0.3 is 0 Å². The third-order valence-electron chi connectivity index (χ3n) is 9.37. The van der Waals surface area contributed by atoms with Crippen molar-refractivity contribution >= 4 is 22.4 Å². The van der Waals surface area contributed by atoms with Gasteiger partial charge in [0, 0.05) is 35.7 Å². The van der Waals surface area contributed by atoms with Gasteiger partial charge in [0.1, 0.15) is 0 Å². The number of hydrogen-bond acceptors (Lipinski definition) is 5. The Morgan fingerprint density at radius 1 is 0.881 bits per heavy atom. The second-order valence-corrected chi connectivity index (χ2v) is 12.6. The molecular formula is C34H36F2N4OS. The fourth-order valence-corrected chi connectivity index (χ4v) is 7.54. The van der Waals surface area contributed by atoms with E-state index in [0.717, 1.165) is 55.7 Å². The SMILES string of the molecule is Nc1nc(C2(c3ccccc3)CCN(CCC3(c4ccc(F)c(F)c4)CCC(=O)N(Cc4ccccc4)C3)CC2)cs1. The molecule has 3 aromatic carbocycles. The Hall–Kier alpha value is -3.62. The maximum atomic E-state index is 14.5. The van der Waals surface area contributed by atoms with E-state index in [9.17, 15) is 13.6 Å². The first kappa shape index (κ1) is 28.5. The summed E-state index contributed by atoms with van der Waals surface area (Å²) in [5.41, 5.74) is 9.53. The summed E-state index contributed by atoms with van der Waals surface area (Å²) < 4.78 is 28.5. The molecule has 1 unspecified atom stereocenters. The van der Waals surface area contributed by atoms with Crippen LogP contribution in [0.15, 0.2) is 84.2 Å². The minimum Gasteiger partial charge on any atom is -0.375 e. The molecule has 2 fully saturated rings. The minimum atomic E-state index is -0.849. The van der Waals surface area contributed by atoms with E-state index in [4.69, 9.17) is 10.7 Å². The van der Waals surface area contributed by atoms with Crippen LogP contribution in [0, 0.1) is 11.6 Å². The maximum Gasteiger partial charge on any atom is 0.222 e. The fraction of sp³-hybridized carbons (Fsp3) is 0.353. The van der Waals surface area contributed by atoms with Crippen LogP contribution in [-0.4, -0.2) is 46.9 Å². The molecule has 0 saturated carbocycles. The van der Waals surface area contributed by atoms with Crippen LogP contribution < -0.4 is 5.73 Å². The van der Waals surface area contributed by atoms with Crippen molar-refractivity contribution in [2.24, 2.45) is 0 Å². The van der Waals surface area contributed by atoms with Gasteiger partial charge in [-0.15, -0.1) is 11.3 Å². The summed E-state index contributed by atoms with van der Waals surface area (Å²) >= 11 is 1.48. The topological polar surface area (TPSA) is 62.5 Å². The average Bonchev–Trinajstić information content (AvgIpc) is 3.47. The van der Waals surface area contributed by atoms with Crippen LogP contribution in [0.2, 0.25) is 0 Å². The van der Waals surface area contributed by atoms with Crippen LogP contribution in [0.5, 0.6) is 0 Å². The smallest absolute Gasteiger partial charge is 0.222 e. The van der Waals surface area contributed by atoms with Crippen molar-refractivity contribution in [2.45, 2.75) is 49.5 Å². The highest BCUT2D eigenvalue weighted by Gasteiger charge is 2.43. The predicted octanol–water partition coefficient (Wildman–Crippen LogP) is 6.54. The quantitative estimate of drug-likeness (QED) is 0.255. The lowest BCUT2D eigenvalue weighted by molar-refractivity contribution is -0.136. The molecule has 0 bridgehead atoms. The number of thiazole rings is 1. The van der Waals surface area contributed by atoms with Crippen molar-refractivity contribution in [1.82, 2.24) is 14.8 Å². The molecule has 218 valence electrons. The molecule has 0 aliphatic carbocycles. The van der Waals surface area contributed by atoms with E-state index in [1.165, 1.54) is 29.0 Å². The molecule has 1 aromatic heterocycles. The largest absolute Gasteiger partial charge is 0.375 e. The number of likely N-dealkylation sites (tertiary alicyclic amines) is 2. The summed E-state index contributed by atoms with van der Waals surface area (Å²) in [5.74, 6) is -1.59. The lowest BCUT2D eigenvalue weighted by atomic mass is 9.69. The predicted molar refractivity (Wildman–Crippen MR) is 163 cm³/mol. The number of halogens is 2. The summed E-state index contributed by atoms with van der Waals surface area (Å²) in [6.07, 6.45) is 3.57. The third kappa shape index (κ3) is 5.70. The summed E-state index contributed by atoms with van der Waals surface area (Å²) in [5, 5.41) is 2.68. The van der Waals surface area contributed by atoms with E-state index < -0.39 is 17.0 Å². The molecule has 1 atom stereocenters. The molecule has 42 heavy (non-hydrogen) atoms. The van der Waals surface area contributed by atoms with E-state index >= 15 is 0 Å². The van der Waals surface area contributed by atoms with Gasteiger partial charge in [-0.25, -0.2) is 13.8 Å². The van der Waals surface area contributed by atoms with E-state index in [1.807, 2.05) is 41.3 Å². The van der Waals surface area contributed by atoms with E-state index in [2.05, 4.69) is 34.5 Å². The van der Waals surface area contributed by atoms with Crippen molar-refractivity contribution in [3.8, 4) is 0 Å². The van der Waals surface area contributed by atoms with Gasteiger partial charge in [0.2, 0.25) is 5.91 Å².